The second-order valence-electron chi connectivity index (χ2n) is 7.23. The van der Waals surface area contributed by atoms with E-state index in [1.807, 2.05) is 6.07 Å². The molecule has 2 atom stereocenters. The Hall–Kier alpha value is -2.44. The van der Waals surface area contributed by atoms with Gasteiger partial charge in [0.25, 0.3) is 0 Å². The Morgan fingerprint density at radius 3 is 1.78 bits per heavy atom. The van der Waals surface area contributed by atoms with Gasteiger partial charge in [-0.1, -0.05) is 66.7 Å². The van der Waals surface area contributed by atoms with E-state index in [2.05, 4.69) is 98.5 Å². The molecule has 0 aromatic heterocycles. The van der Waals surface area contributed by atoms with Gasteiger partial charge in [-0.25, -0.2) is 4.99 Å². The molecular weight excluding hydrogens is 349 g/mol. The molecule has 27 heavy (non-hydrogen) atoms. The summed E-state index contributed by atoms with van der Waals surface area (Å²) in [7, 11) is -1.62. The van der Waals surface area contributed by atoms with Gasteiger partial charge in [0, 0.05) is 0 Å². The van der Waals surface area contributed by atoms with E-state index in [0.717, 1.165) is 12.1 Å². The third-order valence-electron chi connectivity index (χ3n) is 5.28. The van der Waals surface area contributed by atoms with E-state index in [1.54, 1.807) is 0 Å². The third-order valence-corrected chi connectivity index (χ3v) is 9.06. The van der Waals surface area contributed by atoms with Crippen molar-refractivity contribution in [1.82, 2.24) is 0 Å². The molecule has 1 heterocycles. The van der Waals surface area contributed by atoms with Crippen molar-refractivity contribution in [3.05, 3.63) is 96.6 Å². The minimum absolute atomic E-state index is 0.0150. The molecule has 0 fully saturated rings. The number of rotatable bonds is 5. The van der Waals surface area contributed by atoms with Gasteiger partial charge in [0.1, 0.15) is 12.3 Å². The summed E-state index contributed by atoms with van der Waals surface area (Å²) >= 11 is 0. The second-order valence-corrected chi connectivity index (χ2v) is 11.0. The molecule has 0 aliphatic carbocycles. The van der Waals surface area contributed by atoms with E-state index < -0.39 is 7.26 Å². The van der Waals surface area contributed by atoms with Crippen LogP contribution in [0, 0.1) is 0 Å². The molecule has 3 aromatic carbocycles. The van der Waals surface area contributed by atoms with Crippen LogP contribution in [-0.2, 0) is 4.74 Å². The summed E-state index contributed by atoms with van der Waals surface area (Å²) in [6.07, 6.45) is 0.871. The standard InChI is InChI=1S/C24H25NOP/c1-19-24(20-12-6-3-7-13-20)26-23(25-19)18-27(2,21-14-8-4-9-15-21)22-16-10-5-11-17-22/h3-17,19,24H,18H2,1-2H3/q+1. The van der Waals surface area contributed by atoms with Gasteiger partial charge in [0.05, 0.1) is 30.6 Å². The van der Waals surface area contributed by atoms with E-state index >= 15 is 0 Å². The highest BCUT2D eigenvalue weighted by atomic mass is 31.2. The minimum atomic E-state index is -1.62. The lowest BCUT2D eigenvalue weighted by molar-refractivity contribution is 0.200. The number of hydrogen-bond donors (Lipinski definition) is 0. The van der Waals surface area contributed by atoms with E-state index in [-0.39, 0.29) is 12.1 Å². The van der Waals surface area contributed by atoms with Gasteiger partial charge in [-0.05, 0) is 36.8 Å². The van der Waals surface area contributed by atoms with Crippen LogP contribution in [0.2, 0.25) is 0 Å². The molecule has 0 N–H and O–H groups in total. The van der Waals surface area contributed by atoms with Gasteiger partial charge in [-0.3, -0.25) is 0 Å². The molecule has 0 saturated carbocycles. The summed E-state index contributed by atoms with van der Waals surface area (Å²) in [6.45, 7) is 4.54. The van der Waals surface area contributed by atoms with Crippen molar-refractivity contribution in [3.63, 3.8) is 0 Å². The van der Waals surface area contributed by atoms with E-state index in [0.29, 0.717) is 0 Å². The molecule has 0 saturated heterocycles. The maximum Gasteiger partial charge on any atom is 0.224 e. The molecule has 0 amide bonds. The van der Waals surface area contributed by atoms with Gasteiger partial charge in [-0.15, -0.1) is 0 Å². The van der Waals surface area contributed by atoms with Crippen molar-refractivity contribution in [1.29, 1.82) is 0 Å². The van der Waals surface area contributed by atoms with Crippen LogP contribution in [-0.4, -0.2) is 24.8 Å². The van der Waals surface area contributed by atoms with Crippen molar-refractivity contribution >= 4 is 23.8 Å². The Morgan fingerprint density at radius 2 is 1.26 bits per heavy atom. The monoisotopic (exact) mass is 374 g/mol. The van der Waals surface area contributed by atoms with Crippen molar-refractivity contribution in [2.45, 2.75) is 19.1 Å². The normalized spacial score (nSPS) is 19.4. The molecule has 2 unspecified atom stereocenters. The lowest BCUT2D eigenvalue weighted by atomic mass is 10.0. The van der Waals surface area contributed by atoms with Gasteiger partial charge in [0.2, 0.25) is 5.90 Å². The average Bonchev–Trinajstić information content (AvgIpc) is 3.09. The largest absolute Gasteiger partial charge is 0.468 e. The zero-order valence-corrected chi connectivity index (χ0v) is 16.7. The van der Waals surface area contributed by atoms with Crippen LogP contribution < -0.4 is 10.6 Å². The van der Waals surface area contributed by atoms with Gasteiger partial charge >= 0.3 is 0 Å². The van der Waals surface area contributed by atoms with Crippen molar-refractivity contribution in [2.75, 3.05) is 12.8 Å². The molecule has 2 nitrogen and oxygen atoms in total. The molecule has 3 aromatic rings. The van der Waals surface area contributed by atoms with Crippen LogP contribution in [0.1, 0.15) is 18.6 Å². The van der Waals surface area contributed by atoms with Gasteiger partial charge in [-0.2, -0.15) is 0 Å². The van der Waals surface area contributed by atoms with Crippen molar-refractivity contribution in [2.24, 2.45) is 4.99 Å². The van der Waals surface area contributed by atoms with E-state index in [9.17, 15) is 0 Å². The third kappa shape index (κ3) is 3.68. The first kappa shape index (κ1) is 17.9. The maximum absolute atomic E-state index is 6.38. The summed E-state index contributed by atoms with van der Waals surface area (Å²) < 4.78 is 6.38. The highest BCUT2D eigenvalue weighted by Gasteiger charge is 2.42. The number of benzene rings is 3. The average molecular weight is 374 g/mol. The molecule has 0 radical (unpaired) electrons. The fourth-order valence-corrected chi connectivity index (χ4v) is 6.77. The molecule has 1 aliphatic rings. The molecule has 3 heteroatoms. The number of aliphatic imine (C=N–C) groups is 1. The highest BCUT2D eigenvalue weighted by molar-refractivity contribution is 7.89. The zero-order valence-electron chi connectivity index (χ0n) is 15.8. The molecule has 0 bridgehead atoms. The quantitative estimate of drug-likeness (QED) is 0.586. The minimum Gasteiger partial charge on any atom is -0.468 e. The van der Waals surface area contributed by atoms with Crippen LogP contribution in [0.15, 0.2) is 96.0 Å². The Labute approximate surface area is 162 Å². The molecular formula is C24H25NOP+. The zero-order chi connectivity index (χ0) is 18.7. The fraction of sp³-hybridized carbons (Fsp3) is 0.208. The van der Waals surface area contributed by atoms with Crippen LogP contribution in [0.4, 0.5) is 0 Å². The van der Waals surface area contributed by atoms with Gasteiger partial charge in [0.15, 0.2) is 0 Å². The molecule has 0 spiro atoms. The predicted octanol–water partition coefficient (Wildman–Crippen LogP) is 4.84. The van der Waals surface area contributed by atoms with Crippen LogP contribution in [0.5, 0.6) is 0 Å². The number of ether oxygens (including phenoxy) is 1. The highest BCUT2D eigenvalue weighted by Crippen LogP contribution is 2.53. The number of nitrogens with zero attached hydrogens (tertiary/aromatic N) is 1. The SMILES string of the molecule is CC1N=C(C[P+](C)(c2ccccc2)c2ccccc2)OC1c1ccccc1. The fourth-order valence-electron chi connectivity index (χ4n) is 3.75. The Morgan fingerprint density at radius 1 is 0.778 bits per heavy atom. The molecule has 1 aliphatic heterocycles. The Kier molecular flexibility index (Phi) is 5.09. The summed E-state index contributed by atoms with van der Waals surface area (Å²) in [5.74, 6) is 0.889. The molecule has 136 valence electrons. The van der Waals surface area contributed by atoms with Crippen LogP contribution in [0.3, 0.4) is 0 Å². The Bertz CT molecular complexity index is 869. The first-order chi connectivity index (χ1) is 13.2. The second kappa shape index (κ2) is 7.66. The molecule has 4 rings (SSSR count). The first-order valence-corrected chi connectivity index (χ1v) is 11.8. The summed E-state index contributed by atoms with van der Waals surface area (Å²) in [5, 5.41) is 2.77. The number of hydrogen-bond acceptors (Lipinski definition) is 2. The van der Waals surface area contributed by atoms with Crippen LogP contribution >= 0.6 is 7.26 Å². The lowest BCUT2D eigenvalue weighted by Crippen LogP contribution is -2.27. The predicted molar refractivity (Wildman–Crippen MR) is 117 cm³/mol. The van der Waals surface area contributed by atoms with Crippen molar-refractivity contribution < 1.29 is 4.74 Å². The summed E-state index contributed by atoms with van der Waals surface area (Å²) in [4.78, 5) is 4.90. The lowest BCUT2D eigenvalue weighted by Gasteiger charge is -2.23. The van der Waals surface area contributed by atoms with E-state index in [1.165, 1.54) is 16.2 Å². The maximum atomic E-state index is 6.38. The summed E-state index contributed by atoms with van der Waals surface area (Å²) in [6, 6.07) is 32.2. The van der Waals surface area contributed by atoms with Crippen molar-refractivity contribution in [3.8, 4) is 0 Å². The first-order valence-electron chi connectivity index (χ1n) is 9.42. The van der Waals surface area contributed by atoms with Crippen LogP contribution in [0.25, 0.3) is 0 Å². The topological polar surface area (TPSA) is 21.6 Å². The van der Waals surface area contributed by atoms with Gasteiger partial charge < -0.3 is 4.74 Å². The Balaban J connectivity index is 1.65. The summed E-state index contributed by atoms with van der Waals surface area (Å²) in [5.41, 5.74) is 1.20. The van der Waals surface area contributed by atoms with E-state index in [4.69, 9.17) is 9.73 Å². The smallest absolute Gasteiger partial charge is 0.224 e.